The standard InChI is InChI=1S/C19H20F4N4O2/c1-12(17(28)25-8-6-20)16-15(5-4-7-24-16)27(2)11-13-9-14(19(21,22)23)10-26-18(13)29-3/h4-5,7,9-10H,1,6,8,11H2,2-3H3,(H,25,28). The van der Waals surface area contributed by atoms with E-state index in [1.165, 1.54) is 13.3 Å². The molecule has 0 atom stereocenters. The number of alkyl halides is 4. The van der Waals surface area contributed by atoms with Crippen LogP contribution in [-0.4, -0.2) is 43.3 Å². The number of rotatable bonds is 8. The number of carbonyl (C=O) groups is 1. The molecular weight excluding hydrogens is 392 g/mol. The Kier molecular flexibility index (Phi) is 7.13. The van der Waals surface area contributed by atoms with Gasteiger partial charge in [-0.3, -0.25) is 9.78 Å². The van der Waals surface area contributed by atoms with Crippen LogP contribution in [0.15, 0.2) is 37.2 Å². The molecule has 0 aromatic carbocycles. The molecule has 0 unspecified atom stereocenters. The number of amides is 1. The monoisotopic (exact) mass is 412 g/mol. The maximum atomic E-state index is 13.0. The Hall–Kier alpha value is -3.17. The van der Waals surface area contributed by atoms with Gasteiger partial charge in [-0.05, 0) is 18.2 Å². The van der Waals surface area contributed by atoms with Crippen LogP contribution in [0.5, 0.6) is 5.88 Å². The van der Waals surface area contributed by atoms with Crippen molar-refractivity contribution in [3.05, 3.63) is 54.0 Å². The smallest absolute Gasteiger partial charge is 0.417 e. The first-order valence-electron chi connectivity index (χ1n) is 8.48. The second-order valence-corrected chi connectivity index (χ2v) is 6.04. The van der Waals surface area contributed by atoms with Gasteiger partial charge < -0.3 is 15.0 Å². The highest BCUT2D eigenvalue weighted by atomic mass is 19.4. The SMILES string of the molecule is C=C(C(=O)NCCF)c1ncccc1N(C)Cc1cc(C(F)(F)F)cnc1OC. The van der Waals surface area contributed by atoms with Gasteiger partial charge in [0.25, 0.3) is 5.91 Å². The van der Waals surface area contributed by atoms with E-state index in [0.717, 1.165) is 6.07 Å². The third-order valence-electron chi connectivity index (χ3n) is 3.99. The Morgan fingerprint density at radius 3 is 2.69 bits per heavy atom. The molecule has 2 heterocycles. The molecule has 0 saturated heterocycles. The van der Waals surface area contributed by atoms with Gasteiger partial charge in [-0.25, -0.2) is 9.37 Å². The number of ether oxygens (including phenoxy) is 1. The predicted octanol–water partition coefficient (Wildman–Crippen LogP) is 3.24. The van der Waals surface area contributed by atoms with Crippen LogP contribution in [0.3, 0.4) is 0 Å². The molecule has 6 nitrogen and oxygen atoms in total. The fraction of sp³-hybridized carbons (Fsp3) is 0.316. The fourth-order valence-electron chi connectivity index (χ4n) is 2.60. The van der Waals surface area contributed by atoms with E-state index in [1.54, 1.807) is 24.1 Å². The summed E-state index contributed by atoms with van der Waals surface area (Å²) in [4.78, 5) is 21.6. The Labute approximate surface area is 165 Å². The van der Waals surface area contributed by atoms with E-state index in [1.807, 2.05) is 0 Å². The fourth-order valence-corrected chi connectivity index (χ4v) is 2.60. The van der Waals surface area contributed by atoms with Gasteiger partial charge in [0.1, 0.15) is 6.67 Å². The van der Waals surface area contributed by atoms with Crippen LogP contribution in [-0.2, 0) is 17.5 Å². The molecule has 0 aliphatic carbocycles. The van der Waals surface area contributed by atoms with Crippen molar-refractivity contribution in [3.8, 4) is 5.88 Å². The van der Waals surface area contributed by atoms with E-state index < -0.39 is 24.3 Å². The number of nitrogens with zero attached hydrogens (tertiary/aromatic N) is 3. The average molecular weight is 412 g/mol. The van der Waals surface area contributed by atoms with Crippen LogP contribution >= 0.6 is 0 Å². The number of hydrogen-bond acceptors (Lipinski definition) is 5. The van der Waals surface area contributed by atoms with Gasteiger partial charge in [0.05, 0.1) is 29.6 Å². The number of halogens is 4. The van der Waals surface area contributed by atoms with Gasteiger partial charge in [0.15, 0.2) is 0 Å². The minimum atomic E-state index is -4.55. The van der Waals surface area contributed by atoms with Crippen molar-refractivity contribution in [2.45, 2.75) is 12.7 Å². The Morgan fingerprint density at radius 2 is 2.07 bits per heavy atom. The van der Waals surface area contributed by atoms with Gasteiger partial charge in [-0.2, -0.15) is 13.2 Å². The van der Waals surface area contributed by atoms with Gasteiger partial charge in [0, 0.05) is 38.1 Å². The van der Waals surface area contributed by atoms with Crippen LogP contribution in [0, 0.1) is 0 Å². The van der Waals surface area contributed by atoms with Crippen molar-refractivity contribution in [2.75, 3.05) is 32.3 Å². The Balaban J connectivity index is 2.34. The van der Waals surface area contributed by atoms with E-state index in [-0.39, 0.29) is 35.8 Å². The number of anilines is 1. The molecule has 2 aromatic rings. The maximum absolute atomic E-state index is 13.0. The Bertz CT molecular complexity index is 887. The first kappa shape index (κ1) is 22.1. The summed E-state index contributed by atoms with van der Waals surface area (Å²) < 4.78 is 56.5. The van der Waals surface area contributed by atoms with Crippen LogP contribution < -0.4 is 15.0 Å². The van der Waals surface area contributed by atoms with Gasteiger partial charge in [-0.1, -0.05) is 6.58 Å². The lowest BCUT2D eigenvalue weighted by molar-refractivity contribution is -0.137. The highest BCUT2D eigenvalue weighted by molar-refractivity contribution is 6.19. The van der Waals surface area contributed by atoms with E-state index >= 15 is 0 Å². The van der Waals surface area contributed by atoms with Gasteiger partial charge in [0.2, 0.25) is 5.88 Å². The zero-order valence-corrected chi connectivity index (χ0v) is 15.9. The average Bonchev–Trinajstić information content (AvgIpc) is 2.70. The molecule has 0 bridgehead atoms. The lowest BCUT2D eigenvalue weighted by Gasteiger charge is -2.23. The molecule has 29 heavy (non-hydrogen) atoms. The van der Waals surface area contributed by atoms with Crippen molar-refractivity contribution < 1.29 is 27.1 Å². The summed E-state index contributed by atoms with van der Waals surface area (Å²) >= 11 is 0. The summed E-state index contributed by atoms with van der Waals surface area (Å²) in [5.41, 5.74) is -0.0112. The first-order valence-corrected chi connectivity index (χ1v) is 8.48. The summed E-state index contributed by atoms with van der Waals surface area (Å²) in [7, 11) is 2.93. The molecule has 0 saturated carbocycles. The highest BCUT2D eigenvalue weighted by Gasteiger charge is 2.32. The van der Waals surface area contributed by atoms with Gasteiger partial charge in [-0.15, -0.1) is 0 Å². The first-order chi connectivity index (χ1) is 13.7. The normalized spacial score (nSPS) is 11.1. The topological polar surface area (TPSA) is 67.4 Å². The van der Waals surface area contributed by atoms with Crippen LogP contribution in [0.2, 0.25) is 0 Å². The zero-order chi connectivity index (χ0) is 21.6. The summed E-state index contributed by atoms with van der Waals surface area (Å²) in [6, 6.07) is 4.22. The molecule has 0 spiro atoms. The van der Waals surface area contributed by atoms with Crippen molar-refractivity contribution in [3.63, 3.8) is 0 Å². The Morgan fingerprint density at radius 1 is 1.34 bits per heavy atom. The molecule has 0 aliphatic heterocycles. The minimum Gasteiger partial charge on any atom is -0.481 e. The van der Waals surface area contributed by atoms with Crippen LogP contribution in [0.1, 0.15) is 16.8 Å². The third-order valence-corrected chi connectivity index (χ3v) is 3.99. The van der Waals surface area contributed by atoms with Gasteiger partial charge >= 0.3 is 6.18 Å². The summed E-state index contributed by atoms with van der Waals surface area (Å²) in [5, 5.41) is 2.36. The highest BCUT2D eigenvalue weighted by Crippen LogP contribution is 2.32. The second kappa shape index (κ2) is 9.35. The zero-order valence-electron chi connectivity index (χ0n) is 15.9. The van der Waals surface area contributed by atoms with E-state index in [0.29, 0.717) is 11.9 Å². The minimum absolute atomic E-state index is 0.00182. The third kappa shape index (κ3) is 5.43. The number of pyridine rings is 2. The lowest BCUT2D eigenvalue weighted by atomic mass is 10.1. The van der Waals surface area contributed by atoms with Crippen LogP contribution in [0.25, 0.3) is 5.57 Å². The molecule has 0 radical (unpaired) electrons. The molecule has 1 N–H and O–H groups in total. The molecular formula is C19H20F4N4O2. The molecule has 156 valence electrons. The molecule has 1 amide bonds. The quantitative estimate of drug-likeness (QED) is 0.533. The number of nitrogens with one attached hydrogen (secondary N) is 1. The molecule has 0 fully saturated rings. The van der Waals surface area contributed by atoms with Crippen molar-refractivity contribution >= 4 is 17.2 Å². The van der Waals surface area contributed by atoms with E-state index in [4.69, 9.17) is 4.74 Å². The van der Waals surface area contributed by atoms with E-state index in [9.17, 15) is 22.4 Å². The molecule has 2 aromatic heterocycles. The number of methoxy groups -OCH3 is 1. The number of hydrogen-bond donors (Lipinski definition) is 1. The molecule has 10 heteroatoms. The molecule has 0 aliphatic rings. The number of carbonyl (C=O) groups excluding carboxylic acids is 1. The molecule has 2 rings (SSSR count). The summed E-state index contributed by atoms with van der Waals surface area (Å²) in [6.45, 7) is 2.81. The van der Waals surface area contributed by atoms with Crippen LogP contribution in [0.4, 0.5) is 23.2 Å². The maximum Gasteiger partial charge on any atom is 0.417 e. The summed E-state index contributed by atoms with van der Waals surface area (Å²) in [5.74, 6) is -0.538. The van der Waals surface area contributed by atoms with Crippen molar-refractivity contribution in [2.24, 2.45) is 0 Å². The number of aromatic nitrogens is 2. The predicted molar refractivity (Wildman–Crippen MR) is 100 cm³/mol. The van der Waals surface area contributed by atoms with Crippen molar-refractivity contribution in [1.82, 2.24) is 15.3 Å². The van der Waals surface area contributed by atoms with Crippen molar-refractivity contribution in [1.29, 1.82) is 0 Å². The lowest BCUT2D eigenvalue weighted by Crippen LogP contribution is -2.27. The largest absolute Gasteiger partial charge is 0.481 e. The summed E-state index contributed by atoms with van der Waals surface area (Å²) in [6.07, 6.45) is -2.39. The second-order valence-electron chi connectivity index (χ2n) is 6.04. The van der Waals surface area contributed by atoms with E-state index in [2.05, 4.69) is 21.9 Å².